The van der Waals surface area contributed by atoms with Crippen LogP contribution in [0.1, 0.15) is 68.8 Å². The highest BCUT2D eigenvalue weighted by Gasteiger charge is 2.30. The van der Waals surface area contributed by atoms with Crippen molar-refractivity contribution in [3.63, 3.8) is 0 Å². The molecule has 0 aliphatic carbocycles. The predicted molar refractivity (Wildman–Crippen MR) is 114 cm³/mol. The van der Waals surface area contributed by atoms with Crippen molar-refractivity contribution in [1.82, 2.24) is 14.5 Å². The summed E-state index contributed by atoms with van der Waals surface area (Å²) < 4.78 is 9.12. The lowest BCUT2D eigenvalue weighted by Gasteiger charge is -2.32. The third kappa shape index (κ3) is 4.49. The first kappa shape index (κ1) is 19.7. The van der Waals surface area contributed by atoms with Crippen molar-refractivity contribution in [3.05, 3.63) is 53.1 Å². The summed E-state index contributed by atoms with van der Waals surface area (Å²) in [6, 6.07) is 8.79. The fourth-order valence-electron chi connectivity index (χ4n) is 4.34. The summed E-state index contributed by atoms with van der Waals surface area (Å²) in [6.45, 7) is 10.1. The molecule has 4 nitrogen and oxygen atoms in total. The van der Waals surface area contributed by atoms with Gasteiger partial charge in [0.25, 0.3) is 0 Å². The van der Waals surface area contributed by atoms with Crippen LogP contribution >= 0.6 is 0 Å². The molecule has 2 aromatic rings. The average Bonchev–Trinajstić information content (AvgIpc) is 3.01. The highest BCUT2D eigenvalue weighted by molar-refractivity contribution is 5.35. The molecule has 0 amide bonds. The molecule has 1 fully saturated rings. The molecule has 4 rings (SSSR count). The molecule has 1 aromatic heterocycles. The molecule has 0 radical (unpaired) electrons. The molecule has 1 aromatic carbocycles. The van der Waals surface area contributed by atoms with Gasteiger partial charge in [-0.25, -0.2) is 4.98 Å². The molecule has 1 atom stereocenters. The number of aryl methyl sites for hydroxylation is 3. The Bertz CT molecular complexity index is 796. The number of rotatable bonds is 4. The van der Waals surface area contributed by atoms with Gasteiger partial charge in [-0.15, -0.1) is 0 Å². The number of nitrogens with zero attached hydrogens (tertiary/aromatic N) is 3. The third-order valence-corrected chi connectivity index (χ3v) is 6.18. The van der Waals surface area contributed by atoms with Crippen molar-refractivity contribution in [2.75, 3.05) is 20.1 Å². The van der Waals surface area contributed by atoms with Crippen LogP contribution in [0.15, 0.2) is 30.5 Å². The lowest BCUT2D eigenvalue weighted by atomic mass is 9.90. The Balaban J connectivity index is 1.62. The first-order valence-corrected chi connectivity index (χ1v) is 10.9. The molecule has 0 spiro atoms. The number of hydrogen-bond acceptors (Lipinski definition) is 3. The monoisotopic (exact) mass is 381 g/mol. The Labute approximate surface area is 169 Å². The Morgan fingerprint density at radius 2 is 1.86 bits per heavy atom. The van der Waals surface area contributed by atoms with Crippen LogP contribution in [0.2, 0.25) is 0 Å². The minimum atomic E-state index is -0.0458. The first-order chi connectivity index (χ1) is 13.4. The SMILES string of the molecule is CN1CCC(OC2c3ccccc3CCn3cc(CCC(C)(C)C)nc32)CC1. The van der Waals surface area contributed by atoms with Gasteiger partial charge in [-0.2, -0.15) is 0 Å². The molecule has 2 aliphatic heterocycles. The predicted octanol–water partition coefficient (Wildman–Crippen LogP) is 4.62. The summed E-state index contributed by atoms with van der Waals surface area (Å²) in [7, 11) is 2.20. The molecule has 0 saturated carbocycles. The second-order valence-electron chi connectivity index (χ2n) is 9.81. The van der Waals surface area contributed by atoms with Gasteiger partial charge in [0.2, 0.25) is 0 Å². The Morgan fingerprint density at radius 3 is 2.61 bits per heavy atom. The Morgan fingerprint density at radius 1 is 1.11 bits per heavy atom. The van der Waals surface area contributed by atoms with Crippen LogP contribution in [0, 0.1) is 5.41 Å². The number of aromatic nitrogens is 2. The van der Waals surface area contributed by atoms with E-state index in [2.05, 4.69) is 67.7 Å². The zero-order chi connectivity index (χ0) is 19.7. The maximum atomic E-state index is 6.76. The molecule has 3 heterocycles. The van der Waals surface area contributed by atoms with Crippen LogP contribution < -0.4 is 0 Å². The van der Waals surface area contributed by atoms with E-state index >= 15 is 0 Å². The molecule has 1 unspecified atom stereocenters. The van der Waals surface area contributed by atoms with Crippen LogP contribution in [0.5, 0.6) is 0 Å². The number of hydrogen-bond donors (Lipinski definition) is 0. The summed E-state index contributed by atoms with van der Waals surface area (Å²) in [5, 5.41) is 0. The van der Waals surface area contributed by atoms with E-state index in [1.807, 2.05) is 0 Å². The zero-order valence-electron chi connectivity index (χ0n) is 17.9. The number of piperidine rings is 1. The summed E-state index contributed by atoms with van der Waals surface area (Å²) in [5.41, 5.74) is 4.26. The number of imidazole rings is 1. The number of likely N-dealkylation sites (tertiary alicyclic amines) is 1. The maximum absolute atomic E-state index is 6.76. The Hall–Kier alpha value is -1.65. The van der Waals surface area contributed by atoms with E-state index < -0.39 is 0 Å². The van der Waals surface area contributed by atoms with Crippen molar-refractivity contribution in [2.24, 2.45) is 5.41 Å². The molecule has 4 heteroatoms. The van der Waals surface area contributed by atoms with E-state index in [0.717, 1.165) is 57.6 Å². The standard InChI is InChI=1S/C24H35N3O/c1-24(2,3)13-9-19-17-27-16-10-18-7-5-6-8-21(18)22(23(27)25-19)28-20-11-14-26(4)15-12-20/h5-8,17,20,22H,9-16H2,1-4H3. The van der Waals surface area contributed by atoms with Gasteiger partial charge in [0, 0.05) is 25.8 Å². The second kappa shape index (κ2) is 8.00. The largest absolute Gasteiger partial charge is 0.362 e. The van der Waals surface area contributed by atoms with E-state index in [0.29, 0.717) is 11.5 Å². The fraction of sp³-hybridized carbons (Fsp3) is 0.625. The highest BCUT2D eigenvalue weighted by Crippen LogP contribution is 2.35. The van der Waals surface area contributed by atoms with Gasteiger partial charge in [-0.3, -0.25) is 0 Å². The summed E-state index contributed by atoms with van der Waals surface area (Å²) in [5.74, 6) is 1.10. The van der Waals surface area contributed by atoms with Gasteiger partial charge in [0.05, 0.1) is 11.8 Å². The minimum Gasteiger partial charge on any atom is -0.362 e. The molecular formula is C24H35N3O. The molecule has 1 saturated heterocycles. The molecule has 0 bridgehead atoms. The van der Waals surface area contributed by atoms with E-state index in [1.165, 1.54) is 16.8 Å². The van der Waals surface area contributed by atoms with Crippen LogP contribution in [-0.2, 0) is 24.1 Å². The van der Waals surface area contributed by atoms with Gasteiger partial charge in [0.15, 0.2) is 0 Å². The zero-order valence-corrected chi connectivity index (χ0v) is 17.9. The van der Waals surface area contributed by atoms with Gasteiger partial charge in [-0.05, 0) is 55.7 Å². The molecule has 152 valence electrons. The van der Waals surface area contributed by atoms with E-state index in [4.69, 9.17) is 9.72 Å². The number of benzene rings is 1. The van der Waals surface area contributed by atoms with Crippen LogP contribution in [0.4, 0.5) is 0 Å². The molecular weight excluding hydrogens is 346 g/mol. The van der Waals surface area contributed by atoms with Crippen molar-refractivity contribution < 1.29 is 4.74 Å². The first-order valence-electron chi connectivity index (χ1n) is 10.9. The van der Waals surface area contributed by atoms with Gasteiger partial charge in [-0.1, -0.05) is 45.0 Å². The minimum absolute atomic E-state index is 0.0458. The van der Waals surface area contributed by atoms with Gasteiger partial charge < -0.3 is 14.2 Å². The topological polar surface area (TPSA) is 30.3 Å². The van der Waals surface area contributed by atoms with Gasteiger partial charge >= 0.3 is 0 Å². The van der Waals surface area contributed by atoms with E-state index in [-0.39, 0.29) is 6.10 Å². The quantitative estimate of drug-likeness (QED) is 0.774. The second-order valence-corrected chi connectivity index (χ2v) is 9.81. The normalized spacial score (nSPS) is 21.2. The third-order valence-electron chi connectivity index (χ3n) is 6.18. The molecule has 28 heavy (non-hydrogen) atoms. The van der Waals surface area contributed by atoms with Crippen LogP contribution in [0.3, 0.4) is 0 Å². The average molecular weight is 382 g/mol. The van der Waals surface area contributed by atoms with E-state index in [1.54, 1.807) is 0 Å². The van der Waals surface area contributed by atoms with Crippen LogP contribution in [0.25, 0.3) is 0 Å². The summed E-state index contributed by atoms with van der Waals surface area (Å²) in [6.07, 6.45) is 7.99. The van der Waals surface area contributed by atoms with Crippen molar-refractivity contribution in [1.29, 1.82) is 0 Å². The van der Waals surface area contributed by atoms with Crippen molar-refractivity contribution in [2.45, 2.75) is 71.6 Å². The van der Waals surface area contributed by atoms with E-state index in [9.17, 15) is 0 Å². The maximum Gasteiger partial charge on any atom is 0.142 e. The lowest BCUT2D eigenvalue weighted by Crippen LogP contribution is -2.35. The summed E-state index contributed by atoms with van der Waals surface area (Å²) in [4.78, 5) is 7.50. The summed E-state index contributed by atoms with van der Waals surface area (Å²) >= 11 is 0. The lowest BCUT2D eigenvalue weighted by molar-refractivity contribution is -0.0276. The number of ether oxygens (including phenoxy) is 1. The smallest absolute Gasteiger partial charge is 0.142 e. The van der Waals surface area contributed by atoms with Crippen molar-refractivity contribution in [3.8, 4) is 0 Å². The number of fused-ring (bicyclic) bond motifs is 2. The highest BCUT2D eigenvalue weighted by atomic mass is 16.5. The Kier molecular flexibility index (Phi) is 5.62. The fourth-order valence-corrected chi connectivity index (χ4v) is 4.34. The van der Waals surface area contributed by atoms with Gasteiger partial charge in [0.1, 0.15) is 11.9 Å². The molecule has 2 aliphatic rings. The molecule has 0 N–H and O–H groups in total. The van der Waals surface area contributed by atoms with Crippen LogP contribution in [-0.4, -0.2) is 40.7 Å². The van der Waals surface area contributed by atoms with Crippen molar-refractivity contribution >= 4 is 0 Å².